The summed E-state index contributed by atoms with van der Waals surface area (Å²) in [4.78, 5) is 25.7. The van der Waals surface area contributed by atoms with Crippen LogP contribution in [0.15, 0.2) is 24.3 Å². The lowest BCUT2D eigenvalue weighted by Crippen LogP contribution is -2.46. The summed E-state index contributed by atoms with van der Waals surface area (Å²) in [7, 11) is 0. The molecule has 7 heteroatoms. The molecule has 1 aliphatic heterocycles. The van der Waals surface area contributed by atoms with Crippen LogP contribution in [0, 0.1) is 11.7 Å². The summed E-state index contributed by atoms with van der Waals surface area (Å²) in [5.74, 6) is -0.278. The Kier molecular flexibility index (Phi) is 8.15. The van der Waals surface area contributed by atoms with Crippen LogP contribution in [0.25, 0.3) is 0 Å². The van der Waals surface area contributed by atoms with Gasteiger partial charge in [0, 0.05) is 19.1 Å². The summed E-state index contributed by atoms with van der Waals surface area (Å²) in [5.41, 5.74) is 6.47. The molecular weight excluding hydrogens is 333 g/mol. The summed E-state index contributed by atoms with van der Waals surface area (Å²) in [6, 6.07) is 6.05. The third-order valence-corrected chi connectivity index (χ3v) is 4.33. The van der Waals surface area contributed by atoms with E-state index in [9.17, 15) is 14.0 Å². The number of hydrogen-bond donors (Lipinski definition) is 2. The van der Waals surface area contributed by atoms with E-state index in [2.05, 4.69) is 5.32 Å². The fourth-order valence-corrected chi connectivity index (χ4v) is 2.86. The zero-order chi connectivity index (χ0) is 16.8. The Balaban J connectivity index is 0.00000288. The minimum atomic E-state index is -0.372. The number of nitrogens with zero attached hydrogens (tertiary/aromatic N) is 1. The lowest BCUT2D eigenvalue weighted by atomic mass is 9.91. The van der Waals surface area contributed by atoms with Gasteiger partial charge in [-0.1, -0.05) is 12.1 Å². The van der Waals surface area contributed by atoms with Crippen molar-refractivity contribution in [2.75, 3.05) is 19.6 Å². The number of amides is 2. The summed E-state index contributed by atoms with van der Waals surface area (Å²) in [6.07, 6.45) is 1.87. The molecule has 1 saturated heterocycles. The van der Waals surface area contributed by atoms with Crippen LogP contribution < -0.4 is 11.1 Å². The molecule has 1 aliphatic rings. The van der Waals surface area contributed by atoms with Crippen molar-refractivity contribution in [3.63, 3.8) is 0 Å². The number of piperidine rings is 1. The van der Waals surface area contributed by atoms with Crippen molar-refractivity contribution < 1.29 is 14.0 Å². The first-order valence-corrected chi connectivity index (χ1v) is 8.00. The van der Waals surface area contributed by atoms with Gasteiger partial charge in [-0.2, -0.15) is 0 Å². The molecule has 0 aliphatic carbocycles. The summed E-state index contributed by atoms with van der Waals surface area (Å²) >= 11 is 0. The van der Waals surface area contributed by atoms with Crippen LogP contribution in [-0.2, 0) is 16.0 Å². The Labute approximate surface area is 148 Å². The molecule has 1 fully saturated rings. The highest BCUT2D eigenvalue weighted by atomic mass is 35.5. The van der Waals surface area contributed by atoms with Gasteiger partial charge in [0.25, 0.3) is 0 Å². The van der Waals surface area contributed by atoms with Gasteiger partial charge in [0.15, 0.2) is 0 Å². The minimum Gasteiger partial charge on any atom is -0.347 e. The molecule has 1 aromatic carbocycles. The SMILES string of the molecule is CC(N)C1CCN(C(=O)CNC(=O)Cc2cccc(F)c2)CC1.Cl. The zero-order valence-electron chi connectivity index (χ0n) is 13.8. The lowest BCUT2D eigenvalue weighted by Gasteiger charge is -2.33. The third-order valence-electron chi connectivity index (χ3n) is 4.33. The predicted molar refractivity (Wildman–Crippen MR) is 93.3 cm³/mol. The molecule has 24 heavy (non-hydrogen) atoms. The monoisotopic (exact) mass is 357 g/mol. The molecule has 1 unspecified atom stereocenters. The molecule has 0 bridgehead atoms. The van der Waals surface area contributed by atoms with Gasteiger partial charge < -0.3 is 16.0 Å². The highest BCUT2D eigenvalue weighted by Gasteiger charge is 2.24. The Morgan fingerprint density at radius 3 is 2.62 bits per heavy atom. The number of rotatable bonds is 5. The highest BCUT2D eigenvalue weighted by molar-refractivity contribution is 5.86. The van der Waals surface area contributed by atoms with Gasteiger partial charge >= 0.3 is 0 Å². The maximum atomic E-state index is 13.1. The first-order chi connectivity index (χ1) is 11.0. The number of carbonyl (C=O) groups excluding carboxylic acids is 2. The van der Waals surface area contributed by atoms with E-state index in [-0.39, 0.29) is 49.0 Å². The highest BCUT2D eigenvalue weighted by Crippen LogP contribution is 2.19. The van der Waals surface area contributed by atoms with Gasteiger partial charge in [-0.05, 0) is 43.4 Å². The Morgan fingerprint density at radius 1 is 1.38 bits per heavy atom. The molecule has 0 radical (unpaired) electrons. The van der Waals surface area contributed by atoms with E-state index in [0.717, 1.165) is 12.8 Å². The topological polar surface area (TPSA) is 75.4 Å². The van der Waals surface area contributed by atoms with Crippen molar-refractivity contribution in [1.29, 1.82) is 0 Å². The molecule has 0 aromatic heterocycles. The normalized spacial score (nSPS) is 16.2. The standard InChI is InChI=1S/C17H24FN3O2.ClH/c1-12(19)14-5-7-21(8-6-14)17(23)11-20-16(22)10-13-3-2-4-15(18)9-13;/h2-4,9,12,14H,5-8,10-11,19H2,1H3,(H,20,22);1H. The molecule has 3 N–H and O–H groups in total. The molecule has 134 valence electrons. The number of carbonyl (C=O) groups is 2. The van der Waals surface area contributed by atoms with Gasteiger partial charge in [-0.15, -0.1) is 12.4 Å². The number of nitrogens with one attached hydrogen (secondary N) is 1. The van der Waals surface area contributed by atoms with Gasteiger partial charge in [0.1, 0.15) is 5.82 Å². The van der Waals surface area contributed by atoms with Crippen LogP contribution in [0.4, 0.5) is 4.39 Å². The molecule has 0 spiro atoms. The van der Waals surface area contributed by atoms with Crippen LogP contribution in [0.5, 0.6) is 0 Å². The van der Waals surface area contributed by atoms with Gasteiger partial charge in [-0.25, -0.2) is 4.39 Å². The van der Waals surface area contributed by atoms with Crippen LogP contribution in [0.2, 0.25) is 0 Å². The lowest BCUT2D eigenvalue weighted by molar-refractivity contribution is -0.134. The van der Waals surface area contributed by atoms with E-state index in [4.69, 9.17) is 5.73 Å². The smallest absolute Gasteiger partial charge is 0.241 e. The van der Waals surface area contributed by atoms with E-state index < -0.39 is 0 Å². The Bertz CT molecular complexity index is 561. The first-order valence-electron chi connectivity index (χ1n) is 8.00. The molecular formula is C17H25ClFN3O2. The summed E-state index contributed by atoms with van der Waals surface area (Å²) in [5, 5.41) is 2.60. The van der Waals surface area contributed by atoms with Crippen LogP contribution in [0.3, 0.4) is 0 Å². The van der Waals surface area contributed by atoms with Crippen molar-refractivity contribution in [2.45, 2.75) is 32.2 Å². The molecule has 2 rings (SSSR count). The third kappa shape index (κ3) is 6.09. The molecule has 1 aromatic rings. The number of nitrogens with two attached hydrogens (primary N) is 1. The molecule has 2 amide bonds. The van der Waals surface area contributed by atoms with E-state index in [1.54, 1.807) is 17.0 Å². The predicted octanol–water partition coefficient (Wildman–Crippen LogP) is 1.49. The van der Waals surface area contributed by atoms with Crippen molar-refractivity contribution in [2.24, 2.45) is 11.7 Å². The zero-order valence-corrected chi connectivity index (χ0v) is 14.7. The molecule has 5 nitrogen and oxygen atoms in total. The van der Waals surface area contributed by atoms with Crippen LogP contribution in [-0.4, -0.2) is 42.4 Å². The first kappa shape index (κ1) is 20.4. The number of halogens is 2. The van der Waals surface area contributed by atoms with Crippen LogP contribution >= 0.6 is 12.4 Å². The second-order valence-electron chi connectivity index (χ2n) is 6.16. The van der Waals surface area contributed by atoms with Crippen molar-refractivity contribution in [1.82, 2.24) is 10.2 Å². The van der Waals surface area contributed by atoms with Crippen molar-refractivity contribution >= 4 is 24.2 Å². The van der Waals surface area contributed by atoms with Crippen LogP contribution in [0.1, 0.15) is 25.3 Å². The van der Waals surface area contributed by atoms with Gasteiger partial charge in [0.2, 0.25) is 11.8 Å². The van der Waals surface area contributed by atoms with Gasteiger partial charge in [0.05, 0.1) is 13.0 Å². The average molecular weight is 358 g/mol. The summed E-state index contributed by atoms with van der Waals surface area (Å²) < 4.78 is 13.1. The number of benzene rings is 1. The average Bonchev–Trinajstić information content (AvgIpc) is 2.52. The fraction of sp³-hybridized carbons (Fsp3) is 0.529. The van der Waals surface area contributed by atoms with E-state index >= 15 is 0 Å². The largest absolute Gasteiger partial charge is 0.347 e. The number of likely N-dealkylation sites (tertiary alicyclic amines) is 1. The number of hydrogen-bond acceptors (Lipinski definition) is 3. The van der Waals surface area contributed by atoms with Gasteiger partial charge in [-0.3, -0.25) is 9.59 Å². The summed E-state index contributed by atoms with van der Waals surface area (Å²) in [6.45, 7) is 3.35. The minimum absolute atomic E-state index is 0. The fourth-order valence-electron chi connectivity index (χ4n) is 2.86. The maximum absolute atomic E-state index is 13.1. The molecule has 0 saturated carbocycles. The Morgan fingerprint density at radius 2 is 2.04 bits per heavy atom. The molecule has 1 atom stereocenters. The Hall–Kier alpha value is -1.66. The maximum Gasteiger partial charge on any atom is 0.241 e. The second-order valence-corrected chi connectivity index (χ2v) is 6.16. The van der Waals surface area contributed by atoms with E-state index in [1.807, 2.05) is 6.92 Å². The van der Waals surface area contributed by atoms with E-state index in [0.29, 0.717) is 24.6 Å². The van der Waals surface area contributed by atoms with Crippen molar-refractivity contribution in [3.8, 4) is 0 Å². The van der Waals surface area contributed by atoms with Crippen molar-refractivity contribution in [3.05, 3.63) is 35.6 Å². The van der Waals surface area contributed by atoms with E-state index in [1.165, 1.54) is 12.1 Å². The second kappa shape index (κ2) is 9.59. The molecule has 1 heterocycles. The quantitative estimate of drug-likeness (QED) is 0.838.